The molecule has 4 heterocycles. The average molecular weight is 375 g/mol. The number of thiazole rings is 1. The highest BCUT2D eigenvalue weighted by atomic mass is 32.1. The molecule has 0 aromatic carbocycles. The van der Waals surface area contributed by atoms with Crippen molar-refractivity contribution in [3.63, 3.8) is 0 Å². The summed E-state index contributed by atoms with van der Waals surface area (Å²) in [5.74, 6) is -0.134. The van der Waals surface area contributed by atoms with Gasteiger partial charge in [0, 0.05) is 17.1 Å². The number of fused-ring (bicyclic) bond motifs is 1. The van der Waals surface area contributed by atoms with E-state index in [2.05, 4.69) is 15.6 Å². The van der Waals surface area contributed by atoms with E-state index in [0.29, 0.717) is 10.7 Å². The smallest absolute Gasteiger partial charge is 0.323 e. The first kappa shape index (κ1) is 17.2. The first-order valence-electron chi connectivity index (χ1n) is 8.72. The molecule has 2 aromatic rings. The van der Waals surface area contributed by atoms with E-state index in [4.69, 9.17) is 0 Å². The maximum Gasteiger partial charge on any atom is 0.325 e. The molecule has 2 saturated heterocycles. The summed E-state index contributed by atoms with van der Waals surface area (Å²) in [6.45, 7) is 5.40. The van der Waals surface area contributed by atoms with Gasteiger partial charge in [-0.2, -0.15) is 0 Å². The number of amides is 3. The lowest BCUT2D eigenvalue weighted by atomic mass is 9.79. The third-order valence-corrected chi connectivity index (χ3v) is 6.21. The molecule has 8 nitrogen and oxygen atoms in total. The molecular formula is C17H21N5O3S. The van der Waals surface area contributed by atoms with Crippen LogP contribution in [-0.2, 0) is 11.3 Å². The highest BCUT2D eigenvalue weighted by molar-refractivity contribution is 7.16. The zero-order valence-corrected chi connectivity index (χ0v) is 15.6. The van der Waals surface area contributed by atoms with Crippen LogP contribution >= 0.6 is 11.3 Å². The molecule has 2 N–H and O–H groups in total. The molecule has 26 heavy (non-hydrogen) atoms. The fourth-order valence-electron chi connectivity index (χ4n) is 3.84. The Labute approximate surface area is 154 Å². The molecule has 0 bridgehead atoms. The van der Waals surface area contributed by atoms with Gasteiger partial charge < -0.3 is 10.6 Å². The van der Waals surface area contributed by atoms with Crippen LogP contribution in [0.3, 0.4) is 0 Å². The Hall–Kier alpha value is -2.26. The van der Waals surface area contributed by atoms with Crippen molar-refractivity contribution in [3.05, 3.63) is 33.2 Å². The number of imide groups is 1. The molecule has 9 heteroatoms. The molecule has 2 aromatic heterocycles. The summed E-state index contributed by atoms with van der Waals surface area (Å²) in [5, 5.41) is 6.15. The Bertz CT molecular complexity index is 946. The summed E-state index contributed by atoms with van der Waals surface area (Å²) in [5.41, 5.74) is -0.671. The topological polar surface area (TPSA) is 95.8 Å². The molecule has 0 radical (unpaired) electrons. The Morgan fingerprint density at radius 3 is 2.77 bits per heavy atom. The van der Waals surface area contributed by atoms with Crippen LogP contribution in [0.5, 0.6) is 0 Å². The van der Waals surface area contributed by atoms with Gasteiger partial charge in [0.1, 0.15) is 5.54 Å². The highest BCUT2D eigenvalue weighted by Crippen LogP contribution is 2.32. The zero-order valence-electron chi connectivity index (χ0n) is 14.7. The molecular weight excluding hydrogens is 354 g/mol. The number of carbonyl (C=O) groups excluding carboxylic acids is 2. The summed E-state index contributed by atoms with van der Waals surface area (Å²) in [6, 6.07) is 0.972. The van der Waals surface area contributed by atoms with Gasteiger partial charge in [-0.25, -0.2) is 9.78 Å². The fraction of sp³-hybridized carbons (Fsp3) is 0.529. The number of carbonyl (C=O) groups is 2. The van der Waals surface area contributed by atoms with E-state index in [0.717, 1.165) is 30.8 Å². The fourth-order valence-corrected chi connectivity index (χ4v) is 4.69. The first-order chi connectivity index (χ1) is 12.4. The molecule has 0 spiro atoms. The van der Waals surface area contributed by atoms with Gasteiger partial charge in [0.05, 0.1) is 12.2 Å². The lowest BCUT2D eigenvalue weighted by molar-refractivity contribution is -0.133. The van der Waals surface area contributed by atoms with Crippen molar-refractivity contribution in [2.45, 2.75) is 38.8 Å². The van der Waals surface area contributed by atoms with Crippen LogP contribution in [0.2, 0.25) is 0 Å². The van der Waals surface area contributed by atoms with Gasteiger partial charge >= 0.3 is 6.03 Å². The van der Waals surface area contributed by atoms with Crippen molar-refractivity contribution >= 4 is 28.2 Å². The van der Waals surface area contributed by atoms with Gasteiger partial charge in [0.25, 0.3) is 11.5 Å². The minimum Gasteiger partial charge on any atom is -0.323 e. The van der Waals surface area contributed by atoms with E-state index >= 15 is 0 Å². The van der Waals surface area contributed by atoms with Gasteiger partial charge in [-0.15, -0.1) is 11.3 Å². The third kappa shape index (κ3) is 2.71. The molecule has 2 aliphatic heterocycles. The molecule has 0 saturated carbocycles. The number of piperidine rings is 1. The SMILES string of the molecule is Cc1cn2c(=O)cc(CN3C(=O)N[C@@](C)(C4CCNCC4)C3=O)nc2s1. The maximum absolute atomic E-state index is 13.0. The number of hydrogen-bond donors (Lipinski definition) is 2. The minimum absolute atomic E-state index is 0.00785. The summed E-state index contributed by atoms with van der Waals surface area (Å²) in [6.07, 6.45) is 3.42. The van der Waals surface area contributed by atoms with Gasteiger partial charge in [0.2, 0.25) is 0 Å². The van der Waals surface area contributed by atoms with Crippen LogP contribution < -0.4 is 16.2 Å². The summed E-state index contributed by atoms with van der Waals surface area (Å²) in [7, 11) is 0. The molecule has 4 rings (SSSR count). The predicted molar refractivity (Wildman–Crippen MR) is 97.2 cm³/mol. The number of hydrogen-bond acceptors (Lipinski definition) is 6. The van der Waals surface area contributed by atoms with Gasteiger partial charge in [0.15, 0.2) is 4.96 Å². The van der Waals surface area contributed by atoms with Crippen molar-refractivity contribution in [2.24, 2.45) is 5.92 Å². The Morgan fingerprint density at radius 1 is 1.31 bits per heavy atom. The molecule has 1 atom stereocenters. The van der Waals surface area contributed by atoms with Crippen LogP contribution in [0, 0.1) is 12.8 Å². The lowest BCUT2D eigenvalue weighted by Gasteiger charge is -2.34. The first-order valence-corrected chi connectivity index (χ1v) is 9.54. The zero-order chi connectivity index (χ0) is 18.5. The van der Waals surface area contributed by atoms with E-state index in [1.807, 2.05) is 6.92 Å². The minimum atomic E-state index is -0.891. The Balaban J connectivity index is 1.61. The van der Waals surface area contributed by atoms with E-state index in [-0.39, 0.29) is 23.9 Å². The Kier molecular flexibility index (Phi) is 4.07. The standard InChI is InChI=1S/C17H21N5O3S/c1-10-8-21-13(23)7-12(19-16(21)26-10)9-22-14(24)17(2,20-15(22)25)11-3-5-18-6-4-11/h7-8,11,18H,3-6,9H2,1-2H3,(H,20,25)/t17-/m0/s1. The van der Waals surface area contributed by atoms with E-state index in [9.17, 15) is 14.4 Å². The molecule has 0 aliphatic carbocycles. The second-order valence-electron chi connectivity index (χ2n) is 7.13. The lowest BCUT2D eigenvalue weighted by Crippen LogP contribution is -2.53. The molecule has 138 valence electrons. The van der Waals surface area contributed by atoms with Gasteiger partial charge in [-0.1, -0.05) is 0 Å². The van der Waals surface area contributed by atoms with Crippen molar-refractivity contribution in [2.75, 3.05) is 13.1 Å². The quantitative estimate of drug-likeness (QED) is 0.777. The van der Waals surface area contributed by atoms with E-state index in [1.54, 1.807) is 13.1 Å². The van der Waals surface area contributed by atoms with Crippen LogP contribution in [0.1, 0.15) is 30.3 Å². The van der Waals surface area contributed by atoms with E-state index in [1.165, 1.54) is 26.7 Å². The maximum atomic E-state index is 13.0. The number of aromatic nitrogens is 2. The number of nitrogens with one attached hydrogen (secondary N) is 2. The third-order valence-electron chi connectivity index (χ3n) is 5.31. The average Bonchev–Trinajstić information content (AvgIpc) is 3.09. The number of nitrogens with zero attached hydrogens (tertiary/aromatic N) is 3. The van der Waals surface area contributed by atoms with Crippen molar-refractivity contribution < 1.29 is 9.59 Å². The molecule has 2 fully saturated rings. The van der Waals surface area contributed by atoms with Crippen molar-refractivity contribution in [1.29, 1.82) is 0 Å². The largest absolute Gasteiger partial charge is 0.325 e. The molecule has 0 unspecified atom stereocenters. The van der Waals surface area contributed by atoms with Crippen LogP contribution in [0.25, 0.3) is 4.96 Å². The summed E-state index contributed by atoms with van der Waals surface area (Å²) < 4.78 is 1.48. The van der Waals surface area contributed by atoms with Crippen molar-refractivity contribution in [3.8, 4) is 0 Å². The predicted octanol–water partition coefficient (Wildman–Crippen LogP) is 0.875. The summed E-state index contributed by atoms with van der Waals surface area (Å²) >= 11 is 1.40. The summed E-state index contributed by atoms with van der Waals surface area (Å²) in [4.78, 5) is 44.9. The van der Waals surface area contributed by atoms with Crippen molar-refractivity contribution in [1.82, 2.24) is 24.9 Å². The van der Waals surface area contributed by atoms with Crippen LogP contribution in [-0.4, -0.2) is 44.9 Å². The van der Waals surface area contributed by atoms with Gasteiger partial charge in [-0.05, 0) is 45.7 Å². The second-order valence-corrected chi connectivity index (χ2v) is 8.34. The Morgan fingerprint density at radius 2 is 2.04 bits per heavy atom. The van der Waals surface area contributed by atoms with Crippen LogP contribution in [0.15, 0.2) is 17.1 Å². The molecule has 3 amide bonds. The number of rotatable bonds is 3. The normalized spacial score (nSPS) is 24.5. The highest BCUT2D eigenvalue weighted by Gasteiger charge is 2.52. The van der Waals surface area contributed by atoms with E-state index < -0.39 is 11.6 Å². The van der Waals surface area contributed by atoms with Gasteiger partial charge in [-0.3, -0.25) is 18.9 Å². The number of urea groups is 1. The van der Waals surface area contributed by atoms with Crippen LogP contribution in [0.4, 0.5) is 4.79 Å². The monoisotopic (exact) mass is 375 g/mol. The number of aryl methyl sites for hydroxylation is 1. The second kappa shape index (κ2) is 6.17. The molecule has 2 aliphatic rings.